The molecular weight excluding hydrogens is 428 g/mol. The van der Waals surface area contributed by atoms with Crippen LogP contribution in [0.1, 0.15) is 81.1 Å². The second-order valence-corrected chi connectivity index (χ2v) is 5.94. The van der Waals surface area contributed by atoms with Crippen molar-refractivity contribution in [1.82, 2.24) is 10.6 Å². The molecule has 0 fully saturated rings. The molecule has 0 spiro atoms. The zero-order chi connectivity index (χ0) is 26.3. The van der Waals surface area contributed by atoms with Gasteiger partial charge < -0.3 is 24.8 Å². The van der Waals surface area contributed by atoms with E-state index in [1.54, 1.807) is 0 Å². The maximum absolute atomic E-state index is 11.5. The van der Waals surface area contributed by atoms with E-state index in [2.05, 4.69) is 10.6 Å². The molecule has 0 aliphatic rings. The summed E-state index contributed by atoms with van der Waals surface area (Å²) in [5.41, 5.74) is 0. The second-order valence-electron chi connectivity index (χ2n) is 5.94. The highest BCUT2D eigenvalue weighted by Crippen LogP contribution is 1.89. The number of Topliss-reactive ketones (excluding diaryl/α,β-unsaturated/α-hetero) is 2. The number of carbonyl (C=O) groups is 4. The SMILES string of the molecule is CC.CC.CC.CC(=O)CCOCCNC(=O)CCOCCC(=O)NCCOCCC(C)=O. The highest BCUT2D eigenvalue weighted by Gasteiger charge is 2.03. The number of ether oxygens (including phenoxy) is 3. The average Bonchev–Trinajstić information content (AvgIpc) is 2.81. The first kappa shape index (κ1) is 38.4. The number of hydrogen-bond acceptors (Lipinski definition) is 7. The summed E-state index contributed by atoms with van der Waals surface area (Å²) in [6.07, 6.45) is 1.17. The van der Waals surface area contributed by atoms with E-state index in [1.807, 2.05) is 41.5 Å². The van der Waals surface area contributed by atoms with Gasteiger partial charge in [-0.1, -0.05) is 41.5 Å². The predicted octanol–water partition coefficient (Wildman–Crippen LogP) is 3.09. The molecule has 0 bridgehead atoms. The molecule has 0 aromatic heterocycles. The topological polar surface area (TPSA) is 120 Å². The van der Waals surface area contributed by atoms with E-state index in [4.69, 9.17) is 14.2 Å². The highest BCUT2D eigenvalue weighted by atomic mass is 16.5. The molecule has 0 aromatic rings. The molecule has 9 heteroatoms. The molecule has 2 amide bonds. The third-order valence-corrected chi connectivity index (χ3v) is 3.28. The zero-order valence-electron chi connectivity index (χ0n) is 22.3. The number of ketones is 2. The van der Waals surface area contributed by atoms with Crippen LogP contribution in [0.3, 0.4) is 0 Å². The summed E-state index contributed by atoms with van der Waals surface area (Å²) in [6.45, 7) is 17.7. The summed E-state index contributed by atoms with van der Waals surface area (Å²) in [5.74, 6) is -0.166. The lowest BCUT2D eigenvalue weighted by atomic mass is 10.3. The lowest BCUT2D eigenvalue weighted by Gasteiger charge is -2.08. The summed E-state index contributed by atoms with van der Waals surface area (Å²) in [4.78, 5) is 44.5. The highest BCUT2D eigenvalue weighted by molar-refractivity contribution is 5.76. The summed E-state index contributed by atoms with van der Waals surface area (Å²) >= 11 is 0. The summed E-state index contributed by atoms with van der Waals surface area (Å²) < 4.78 is 15.6. The van der Waals surface area contributed by atoms with Crippen LogP contribution in [-0.2, 0) is 33.4 Å². The Hall–Kier alpha value is -1.84. The Morgan fingerprint density at radius 3 is 1.06 bits per heavy atom. The van der Waals surface area contributed by atoms with Crippen molar-refractivity contribution < 1.29 is 33.4 Å². The van der Waals surface area contributed by atoms with Crippen LogP contribution < -0.4 is 10.6 Å². The van der Waals surface area contributed by atoms with Gasteiger partial charge in [0.15, 0.2) is 0 Å². The van der Waals surface area contributed by atoms with Crippen molar-refractivity contribution >= 4 is 23.4 Å². The fraction of sp³-hybridized carbons (Fsp3) is 0.833. The molecule has 0 aliphatic carbocycles. The van der Waals surface area contributed by atoms with Gasteiger partial charge in [0, 0.05) is 38.8 Å². The van der Waals surface area contributed by atoms with Crippen LogP contribution >= 0.6 is 0 Å². The van der Waals surface area contributed by atoms with Crippen molar-refractivity contribution in [2.24, 2.45) is 0 Å². The first-order valence-electron chi connectivity index (χ1n) is 12.2. The van der Waals surface area contributed by atoms with Crippen LogP contribution in [0.25, 0.3) is 0 Å². The fourth-order valence-corrected chi connectivity index (χ4v) is 1.77. The van der Waals surface area contributed by atoms with Gasteiger partial charge in [-0.25, -0.2) is 0 Å². The molecule has 198 valence electrons. The Morgan fingerprint density at radius 1 is 0.485 bits per heavy atom. The van der Waals surface area contributed by atoms with Gasteiger partial charge in [0.05, 0.1) is 39.6 Å². The Morgan fingerprint density at radius 2 is 0.758 bits per heavy atom. The van der Waals surface area contributed by atoms with E-state index < -0.39 is 0 Å². The van der Waals surface area contributed by atoms with Crippen LogP contribution in [0.2, 0.25) is 0 Å². The van der Waals surface area contributed by atoms with Crippen molar-refractivity contribution in [3.8, 4) is 0 Å². The van der Waals surface area contributed by atoms with Crippen molar-refractivity contribution in [2.45, 2.75) is 81.1 Å². The molecular formula is C24H50N2O7. The number of nitrogens with one attached hydrogen (secondary N) is 2. The van der Waals surface area contributed by atoms with Crippen LogP contribution in [0.5, 0.6) is 0 Å². The average molecular weight is 479 g/mol. The fourth-order valence-electron chi connectivity index (χ4n) is 1.77. The summed E-state index contributed by atoms with van der Waals surface area (Å²) in [6, 6.07) is 0. The maximum Gasteiger partial charge on any atom is 0.222 e. The van der Waals surface area contributed by atoms with Crippen molar-refractivity contribution in [2.75, 3.05) is 52.7 Å². The van der Waals surface area contributed by atoms with Crippen LogP contribution in [0.4, 0.5) is 0 Å². The predicted molar refractivity (Wildman–Crippen MR) is 132 cm³/mol. The van der Waals surface area contributed by atoms with Gasteiger partial charge in [-0.15, -0.1) is 0 Å². The third kappa shape index (κ3) is 41.0. The Bertz CT molecular complexity index is 418. The van der Waals surface area contributed by atoms with Gasteiger partial charge in [-0.2, -0.15) is 0 Å². The van der Waals surface area contributed by atoms with Crippen molar-refractivity contribution in [3.63, 3.8) is 0 Å². The van der Waals surface area contributed by atoms with E-state index in [-0.39, 0.29) is 49.4 Å². The van der Waals surface area contributed by atoms with E-state index in [0.29, 0.717) is 52.4 Å². The van der Waals surface area contributed by atoms with E-state index >= 15 is 0 Å². The van der Waals surface area contributed by atoms with Crippen LogP contribution in [0.15, 0.2) is 0 Å². The molecule has 0 unspecified atom stereocenters. The summed E-state index contributed by atoms with van der Waals surface area (Å²) in [7, 11) is 0. The lowest BCUT2D eigenvalue weighted by Crippen LogP contribution is -2.29. The van der Waals surface area contributed by atoms with Crippen LogP contribution in [0, 0.1) is 0 Å². The molecule has 0 saturated carbocycles. The minimum Gasteiger partial charge on any atom is -0.380 e. The molecule has 0 heterocycles. The van der Waals surface area contributed by atoms with E-state index in [1.165, 1.54) is 13.8 Å². The van der Waals surface area contributed by atoms with Gasteiger partial charge in [-0.3, -0.25) is 19.2 Å². The number of amides is 2. The number of hydrogen-bond donors (Lipinski definition) is 2. The molecule has 0 aromatic carbocycles. The van der Waals surface area contributed by atoms with Gasteiger partial charge >= 0.3 is 0 Å². The molecule has 0 aliphatic heterocycles. The van der Waals surface area contributed by atoms with Gasteiger partial charge in [0.25, 0.3) is 0 Å². The number of rotatable bonds is 18. The minimum atomic E-state index is -0.155. The van der Waals surface area contributed by atoms with Gasteiger partial charge in [0.2, 0.25) is 11.8 Å². The largest absolute Gasteiger partial charge is 0.380 e. The smallest absolute Gasteiger partial charge is 0.222 e. The first-order chi connectivity index (χ1) is 15.9. The molecule has 0 rings (SSSR count). The Labute approximate surface area is 201 Å². The minimum absolute atomic E-state index is 0.0721. The normalized spacial score (nSPS) is 9.09. The summed E-state index contributed by atoms with van der Waals surface area (Å²) in [5, 5.41) is 5.36. The molecule has 0 saturated heterocycles. The first-order valence-corrected chi connectivity index (χ1v) is 12.2. The molecule has 0 radical (unpaired) electrons. The van der Waals surface area contributed by atoms with E-state index in [9.17, 15) is 19.2 Å². The molecule has 33 heavy (non-hydrogen) atoms. The quantitative estimate of drug-likeness (QED) is 0.290. The molecule has 0 atom stereocenters. The van der Waals surface area contributed by atoms with E-state index in [0.717, 1.165) is 0 Å². The monoisotopic (exact) mass is 478 g/mol. The number of carbonyl (C=O) groups excluding carboxylic acids is 4. The third-order valence-electron chi connectivity index (χ3n) is 3.28. The van der Waals surface area contributed by atoms with Gasteiger partial charge in [-0.05, 0) is 13.8 Å². The second kappa shape index (κ2) is 34.8. The van der Waals surface area contributed by atoms with Gasteiger partial charge in [0.1, 0.15) is 11.6 Å². The Kier molecular flexibility index (Phi) is 40.5. The van der Waals surface area contributed by atoms with Crippen LogP contribution in [-0.4, -0.2) is 76.1 Å². The zero-order valence-corrected chi connectivity index (χ0v) is 22.3. The molecule has 9 nitrogen and oxygen atoms in total. The molecule has 2 N–H and O–H groups in total. The van der Waals surface area contributed by atoms with Crippen molar-refractivity contribution in [3.05, 3.63) is 0 Å². The van der Waals surface area contributed by atoms with Crippen molar-refractivity contribution in [1.29, 1.82) is 0 Å². The lowest BCUT2D eigenvalue weighted by molar-refractivity contribution is -0.124. The standard InChI is InChI=1S/C18H32N2O7.3C2H6/c1-15(21)3-9-26-13-7-19-17(23)5-11-25-12-6-18(24)20-8-14-27-10-4-16(2)22;3*1-2/h3-14H2,1-2H3,(H,19,23)(H,20,24);3*1-2H3. The maximum atomic E-state index is 11.5. The Balaban J connectivity index is -0.000000642.